The number of nitrogens with one attached hydrogen (secondary N) is 2. The third kappa shape index (κ3) is 5.23. The summed E-state index contributed by atoms with van der Waals surface area (Å²) in [6.45, 7) is 3.82. The first-order valence-electron chi connectivity index (χ1n) is 9.57. The molecule has 5 nitrogen and oxygen atoms in total. The average Bonchev–Trinajstić information content (AvgIpc) is 2.74. The van der Waals surface area contributed by atoms with Crippen LogP contribution in [-0.4, -0.2) is 17.9 Å². The zero-order valence-electron chi connectivity index (χ0n) is 16.5. The molecule has 0 bridgehead atoms. The second kappa shape index (κ2) is 9.55. The van der Waals surface area contributed by atoms with Gasteiger partial charge in [-0.3, -0.25) is 9.59 Å². The number of rotatable bonds is 7. The second-order valence-corrected chi connectivity index (χ2v) is 6.64. The Bertz CT molecular complexity index is 986. The summed E-state index contributed by atoms with van der Waals surface area (Å²) in [6.07, 6.45) is -0.167. The average molecular weight is 388 g/mol. The van der Waals surface area contributed by atoms with Crippen LogP contribution in [0.1, 0.15) is 29.3 Å². The maximum Gasteiger partial charge on any atom is 0.265 e. The molecule has 0 spiro atoms. The SMILES string of the molecule is CCC(Oc1ccccc1C)C(=O)Nc1ccccc1C(=O)Nc1ccccc1. The summed E-state index contributed by atoms with van der Waals surface area (Å²) >= 11 is 0. The molecule has 2 N–H and O–H groups in total. The van der Waals surface area contributed by atoms with Gasteiger partial charge in [-0.15, -0.1) is 0 Å². The summed E-state index contributed by atoms with van der Waals surface area (Å²) in [6, 6.07) is 23.7. The van der Waals surface area contributed by atoms with Gasteiger partial charge in [0.1, 0.15) is 5.75 Å². The molecule has 0 saturated carbocycles. The van der Waals surface area contributed by atoms with Crippen LogP contribution in [0.4, 0.5) is 11.4 Å². The van der Waals surface area contributed by atoms with E-state index < -0.39 is 6.10 Å². The van der Waals surface area contributed by atoms with Crippen LogP contribution in [-0.2, 0) is 4.79 Å². The van der Waals surface area contributed by atoms with E-state index in [0.717, 1.165) is 5.56 Å². The van der Waals surface area contributed by atoms with Gasteiger partial charge in [0, 0.05) is 5.69 Å². The van der Waals surface area contributed by atoms with Crippen molar-refractivity contribution in [1.29, 1.82) is 0 Å². The third-order valence-corrected chi connectivity index (χ3v) is 4.49. The lowest BCUT2D eigenvalue weighted by Crippen LogP contribution is -2.33. The number of ether oxygens (including phenoxy) is 1. The van der Waals surface area contributed by atoms with E-state index >= 15 is 0 Å². The van der Waals surface area contributed by atoms with Crippen LogP contribution in [0.25, 0.3) is 0 Å². The Kier molecular flexibility index (Phi) is 6.63. The van der Waals surface area contributed by atoms with E-state index in [-0.39, 0.29) is 11.8 Å². The van der Waals surface area contributed by atoms with E-state index in [1.54, 1.807) is 24.3 Å². The van der Waals surface area contributed by atoms with Gasteiger partial charge in [-0.2, -0.15) is 0 Å². The number of para-hydroxylation sites is 3. The Morgan fingerprint density at radius 3 is 2.24 bits per heavy atom. The molecule has 3 aromatic rings. The summed E-state index contributed by atoms with van der Waals surface area (Å²) in [5.41, 5.74) is 2.47. The van der Waals surface area contributed by atoms with Crippen LogP contribution in [0.3, 0.4) is 0 Å². The van der Waals surface area contributed by atoms with Crippen molar-refractivity contribution in [2.75, 3.05) is 10.6 Å². The number of carbonyl (C=O) groups excluding carboxylic acids is 2. The Labute approximate surface area is 170 Å². The Balaban J connectivity index is 1.74. The Morgan fingerprint density at radius 1 is 0.862 bits per heavy atom. The Hall–Kier alpha value is -3.60. The zero-order valence-corrected chi connectivity index (χ0v) is 16.5. The summed E-state index contributed by atoms with van der Waals surface area (Å²) < 4.78 is 5.91. The molecule has 0 aliphatic carbocycles. The minimum Gasteiger partial charge on any atom is -0.480 e. The highest BCUT2D eigenvalue weighted by Crippen LogP contribution is 2.21. The number of hydrogen-bond acceptors (Lipinski definition) is 3. The first kappa shape index (κ1) is 20.1. The van der Waals surface area contributed by atoms with Crippen LogP contribution in [0, 0.1) is 6.92 Å². The van der Waals surface area contributed by atoms with E-state index in [1.807, 2.05) is 68.4 Å². The van der Waals surface area contributed by atoms with Gasteiger partial charge in [0.15, 0.2) is 6.10 Å². The molecular weight excluding hydrogens is 364 g/mol. The molecule has 0 fully saturated rings. The molecule has 1 unspecified atom stereocenters. The molecule has 3 aromatic carbocycles. The maximum atomic E-state index is 12.8. The molecule has 0 saturated heterocycles. The van der Waals surface area contributed by atoms with Crippen LogP contribution >= 0.6 is 0 Å². The van der Waals surface area contributed by atoms with Gasteiger partial charge in [0.05, 0.1) is 11.3 Å². The molecular formula is C24H24N2O3. The van der Waals surface area contributed by atoms with Gasteiger partial charge in [-0.05, 0) is 49.2 Å². The van der Waals surface area contributed by atoms with Gasteiger partial charge < -0.3 is 15.4 Å². The van der Waals surface area contributed by atoms with Crippen LogP contribution < -0.4 is 15.4 Å². The molecule has 0 heterocycles. The largest absolute Gasteiger partial charge is 0.480 e. The highest BCUT2D eigenvalue weighted by atomic mass is 16.5. The van der Waals surface area contributed by atoms with Crippen molar-refractivity contribution in [3.63, 3.8) is 0 Å². The fraction of sp³-hybridized carbons (Fsp3) is 0.167. The van der Waals surface area contributed by atoms with Gasteiger partial charge in [0.2, 0.25) is 0 Å². The van der Waals surface area contributed by atoms with E-state index in [0.29, 0.717) is 29.1 Å². The molecule has 5 heteroatoms. The molecule has 0 aromatic heterocycles. The minimum atomic E-state index is -0.665. The van der Waals surface area contributed by atoms with E-state index in [4.69, 9.17) is 4.74 Å². The summed E-state index contributed by atoms with van der Waals surface area (Å²) in [4.78, 5) is 25.5. The van der Waals surface area contributed by atoms with Crippen LogP contribution in [0.15, 0.2) is 78.9 Å². The number of aryl methyl sites for hydroxylation is 1. The molecule has 0 aliphatic rings. The van der Waals surface area contributed by atoms with Gasteiger partial charge >= 0.3 is 0 Å². The van der Waals surface area contributed by atoms with Gasteiger partial charge in [-0.25, -0.2) is 0 Å². The van der Waals surface area contributed by atoms with Gasteiger partial charge in [-0.1, -0.05) is 55.5 Å². The number of amides is 2. The van der Waals surface area contributed by atoms with Gasteiger partial charge in [0.25, 0.3) is 11.8 Å². The fourth-order valence-corrected chi connectivity index (χ4v) is 2.89. The molecule has 0 aliphatic heterocycles. The maximum absolute atomic E-state index is 12.8. The molecule has 3 rings (SSSR count). The Morgan fingerprint density at radius 2 is 1.52 bits per heavy atom. The quantitative estimate of drug-likeness (QED) is 0.596. The highest BCUT2D eigenvalue weighted by molar-refractivity contribution is 6.10. The predicted molar refractivity (Wildman–Crippen MR) is 115 cm³/mol. The number of benzene rings is 3. The normalized spacial score (nSPS) is 11.4. The van der Waals surface area contributed by atoms with Crippen LogP contribution in [0.2, 0.25) is 0 Å². The number of carbonyl (C=O) groups is 2. The zero-order chi connectivity index (χ0) is 20.6. The van der Waals surface area contributed by atoms with E-state index in [9.17, 15) is 9.59 Å². The topological polar surface area (TPSA) is 67.4 Å². The third-order valence-electron chi connectivity index (χ3n) is 4.49. The molecule has 1 atom stereocenters. The highest BCUT2D eigenvalue weighted by Gasteiger charge is 2.21. The van der Waals surface area contributed by atoms with Crippen molar-refractivity contribution in [1.82, 2.24) is 0 Å². The number of hydrogen-bond donors (Lipinski definition) is 2. The van der Waals surface area contributed by atoms with Crippen molar-refractivity contribution < 1.29 is 14.3 Å². The summed E-state index contributed by atoms with van der Waals surface area (Å²) in [5.74, 6) is 0.0836. The second-order valence-electron chi connectivity index (χ2n) is 6.64. The monoisotopic (exact) mass is 388 g/mol. The fourth-order valence-electron chi connectivity index (χ4n) is 2.89. The van der Waals surface area contributed by atoms with Crippen molar-refractivity contribution in [3.05, 3.63) is 90.0 Å². The molecule has 29 heavy (non-hydrogen) atoms. The van der Waals surface area contributed by atoms with E-state index in [2.05, 4.69) is 10.6 Å². The van der Waals surface area contributed by atoms with E-state index in [1.165, 1.54) is 0 Å². The molecule has 0 radical (unpaired) electrons. The van der Waals surface area contributed by atoms with Crippen molar-refractivity contribution in [3.8, 4) is 5.75 Å². The van der Waals surface area contributed by atoms with Crippen molar-refractivity contribution >= 4 is 23.2 Å². The summed E-state index contributed by atoms with van der Waals surface area (Å²) in [5, 5.41) is 5.68. The molecule has 2 amide bonds. The first-order valence-corrected chi connectivity index (χ1v) is 9.57. The van der Waals surface area contributed by atoms with Crippen molar-refractivity contribution in [2.45, 2.75) is 26.4 Å². The smallest absolute Gasteiger partial charge is 0.265 e. The minimum absolute atomic E-state index is 0.292. The van der Waals surface area contributed by atoms with Crippen molar-refractivity contribution in [2.24, 2.45) is 0 Å². The molecule has 148 valence electrons. The number of anilines is 2. The lowest BCUT2D eigenvalue weighted by atomic mass is 10.1. The first-order chi connectivity index (χ1) is 14.1. The standard InChI is InChI=1S/C24H24N2O3/c1-3-21(29-22-16-10-7-11-17(22)2)24(28)26-20-15-9-8-14-19(20)23(27)25-18-12-5-4-6-13-18/h4-16,21H,3H2,1-2H3,(H,25,27)(H,26,28). The van der Waals surface area contributed by atoms with Crippen LogP contribution in [0.5, 0.6) is 5.75 Å². The predicted octanol–water partition coefficient (Wildman–Crippen LogP) is 5.04. The lowest BCUT2D eigenvalue weighted by molar-refractivity contribution is -0.122. The lowest BCUT2D eigenvalue weighted by Gasteiger charge is -2.19. The summed E-state index contributed by atoms with van der Waals surface area (Å²) in [7, 11) is 0.